The Morgan fingerprint density at radius 3 is 1.10 bits per heavy atom. The van der Waals surface area contributed by atoms with Gasteiger partial charge in [0, 0.05) is 43.1 Å². The van der Waals surface area contributed by atoms with Crippen LogP contribution in [0.5, 0.6) is 0 Å². The number of rotatable bonds is 4. The van der Waals surface area contributed by atoms with Crippen molar-refractivity contribution >= 4 is 125 Å². The lowest BCUT2D eigenvalue weighted by Gasteiger charge is -2.19. The highest BCUT2D eigenvalue weighted by Gasteiger charge is 2.22. The maximum atomic E-state index is 6.41. The Hall–Kier alpha value is -9.70. The number of aromatic nitrogens is 1. The third-order valence-corrected chi connectivity index (χ3v) is 16.9. The van der Waals surface area contributed by atoms with Gasteiger partial charge in [-0.1, -0.05) is 154 Å². The second kappa shape index (κ2) is 15.4. The predicted molar refractivity (Wildman–Crippen MR) is 326 cm³/mol. The summed E-state index contributed by atoms with van der Waals surface area (Å²) in [5, 5.41) is 19.3. The Bertz CT molecular complexity index is 5350. The second-order valence-electron chi connectivity index (χ2n) is 22.5. The van der Waals surface area contributed by atoms with E-state index < -0.39 is 0 Å². The molecule has 0 saturated carbocycles. The third-order valence-electron chi connectivity index (χ3n) is 16.9. The van der Waals surface area contributed by atoms with Gasteiger partial charge in [0.25, 0.3) is 0 Å². The van der Waals surface area contributed by atoms with Gasteiger partial charge in [-0.3, -0.25) is 0 Å². The summed E-state index contributed by atoms with van der Waals surface area (Å²) in [4.78, 5) is 0. The zero-order valence-electron chi connectivity index (χ0n) is 42.7. The fourth-order valence-corrected chi connectivity index (χ4v) is 12.9. The van der Waals surface area contributed by atoms with E-state index in [1.807, 2.05) is 0 Å². The molecule has 0 unspecified atom stereocenters. The van der Waals surface area contributed by atoms with Crippen LogP contribution in [0.4, 0.5) is 0 Å². The van der Waals surface area contributed by atoms with Crippen LogP contribution in [-0.2, 0) is 5.41 Å². The summed E-state index contributed by atoms with van der Waals surface area (Å²) in [5.41, 5.74) is 18.3. The van der Waals surface area contributed by atoms with Gasteiger partial charge in [0.15, 0.2) is 0 Å². The first-order valence-electron chi connectivity index (χ1n) is 26.8. The molecule has 0 bridgehead atoms. The molecule has 0 radical (unpaired) electrons. The molecule has 17 rings (SSSR count). The summed E-state index contributed by atoms with van der Waals surface area (Å²) in [6, 6.07) is 85.8. The maximum absolute atomic E-state index is 6.41. The van der Waals surface area contributed by atoms with Gasteiger partial charge in [0.2, 0.25) is 0 Å². The number of nitrogens with zero attached hydrogens (tertiary/aromatic N) is 1. The molecule has 0 saturated heterocycles. The number of hydrogen-bond acceptors (Lipinski definition) is 2. The van der Waals surface area contributed by atoms with E-state index in [1.165, 1.54) is 131 Å². The van der Waals surface area contributed by atoms with Gasteiger partial charge in [-0.2, -0.15) is 0 Å². The summed E-state index contributed by atoms with van der Waals surface area (Å²) >= 11 is 0. The first-order chi connectivity index (χ1) is 37.7. The standard InChI is InChI=1S/C74H47NO2/c1-74(2,3)58-24-20-44(21-25-58)57-36-65-59-30-53-18-16-49(42-12-14-43(15-13-42)51-22-26-69-61(34-51)63-32-45-8-4-6-10-47(45)40-71(63)76-69)28-55(53)38-67(59)75-68-39-56-29-50(17-19-54(56)31-60(68)66(37-57)73(65)75)52-23-27-70-62(35-52)64-33-46-9-5-7-11-48(46)41-72(64)77-70/h4-41H,1-3H3. The van der Waals surface area contributed by atoms with Crippen molar-refractivity contribution in [2.24, 2.45) is 0 Å². The van der Waals surface area contributed by atoms with Crippen molar-refractivity contribution in [3.8, 4) is 44.5 Å². The quantitative estimate of drug-likeness (QED) is 0.176. The van der Waals surface area contributed by atoms with Crippen molar-refractivity contribution in [2.45, 2.75) is 26.2 Å². The molecular formula is C74H47NO2. The van der Waals surface area contributed by atoms with E-state index >= 15 is 0 Å². The minimum Gasteiger partial charge on any atom is -0.456 e. The topological polar surface area (TPSA) is 30.7 Å². The first-order valence-corrected chi connectivity index (χ1v) is 26.8. The smallest absolute Gasteiger partial charge is 0.136 e. The highest BCUT2D eigenvalue weighted by Crippen LogP contribution is 2.46. The van der Waals surface area contributed by atoms with E-state index in [9.17, 15) is 0 Å². The van der Waals surface area contributed by atoms with Crippen LogP contribution in [-0.4, -0.2) is 4.40 Å². The Labute approximate surface area is 442 Å². The van der Waals surface area contributed by atoms with Gasteiger partial charge in [0.1, 0.15) is 22.3 Å². The lowest BCUT2D eigenvalue weighted by molar-refractivity contribution is 0.590. The lowest BCUT2D eigenvalue weighted by atomic mass is 9.86. The second-order valence-corrected chi connectivity index (χ2v) is 22.5. The van der Waals surface area contributed by atoms with E-state index in [1.54, 1.807) is 0 Å². The third kappa shape index (κ3) is 6.44. The fourth-order valence-electron chi connectivity index (χ4n) is 12.9. The molecule has 0 atom stereocenters. The Balaban J connectivity index is 0.803. The number of furan rings is 2. The van der Waals surface area contributed by atoms with E-state index in [0.29, 0.717) is 0 Å². The molecule has 77 heavy (non-hydrogen) atoms. The van der Waals surface area contributed by atoms with Crippen molar-refractivity contribution in [2.75, 3.05) is 0 Å². The van der Waals surface area contributed by atoms with Crippen molar-refractivity contribution in [1.29, 1.82) is 0 Å². The van der Waals surface area contributed by atoms with Crippen LogP contribution in [0.15, 0.2) is 239 Å². The van der Waals surface area contributed by atoms with Crippen molar-refractivity contribution in [3.63, 3.8) is 0 Å². The van der Waals surface area contributed by atoms with Gasteiger partial charge < -0.3 is 13.2 Å². The van der Waals surface area contributed by atoms with Crippen LogP contribution < -0.4 is 0 Å². The van der Waals surface area contributed by atoms with Gasteiger partial charge in [-0.15, -0.1) is 0 Å². The summed E-state index contributed by atoms with van der Waals surface area (Å²) in [6.45, 7) is 6.85. The van der Waals surface area contributed by atoms with Gasteiger partial charge in [-0.25, -0.2) is 0 Å². The van der Waals surface area contributed by atoms with Crippen LogP contribution >= 0.6 is 0 Å². The van der Waals surface area contributed by atoms with Crippen LogP contribution in [0.1, 0.15) is 26.3 Å². The van der Waals surface area contributed by atoms with Gasteiger partial charge >= 0.3 is 0 Å². The fraction of sp³-hybridized carbons (Fsp3) is 0.0541. The number of benzene rings is 13. The van der Waals surface area contributed by atoms with Crippen LogP contribution in [0.3, 0.4) is 0 Å². The van der Waals surface area contributed by atoms with Crippen molar-refractivity contribution in [3.05, 3.63) is 236 Å². The number of fused-ring (bicyclic) bond motifs is 16. The molecule has 4 heterocycles. The number of hydrogen-bond donors (Lipinski definition) is 0. The molecule has 0 aliphatic heterocycles. The van der Waals surface area contributed by atoms with E-state index in [-0.39, 0.29) is 5.41 Å². The van der Waals surface area contributed by atoms with Crippen LogP contribution in [0.2, 0.25) is 0 Å². The predicted octanol–water partition coefficient (Wildman–Crippen LogP) is 21.2. The molecule has 0 aliphatic carbocycles. The molecule has 0 aliphatic rings. The summed E-state index contributed by atoms with van der Waals surface area (Å²) in [7, 11) is 0. The summed E-state index contributed by atoms with van der Waals surface area (Å²) < 4.78 is 15.3. The molecule has 3 nitrogen and oxygen atoms in total. The molecule has 0 amide bonds. The highest BCUT2D eigenvalue weighted by atomic mass is 16.3. The monoisotopic (exact) mass is 981 g/mol. The molecule has 0 fully saturated rings. The minimum atomic E-state index is 0.0764. The lowest BCUT2D eigenvalue weighted by Crippen LogP contribution is -2.10. The van der Waals surface area contributed by atoms with Gasteiger partial charge in [-0.05, 0) is 196 Å². The molecule has 13 aromatic carbocycles. The molecular weight excluding hydrogens is 935 g/mol. The first kappa shape index (κ1) is 42.6. The molecule has 0 spiro atoms. The highest BCUT2D eigenvalue weighted by molar-refractivity contribution is 6.27. The van der Waals surface area contributed by atoms with Crippen molar-refractivity contribution < 1.29 is 8.83 Å². The zero-order valence-corrected chi connectivity index (χ0v) is 42.7. The largest absolute Gasteiger partial charge is 0.456 e. The molecule has 0 N–H and O–H groups in total. The maximum Gasteiger partial charge on any atom is 0.136 e. The molecule has 17 aromatic rings. The van der Waals surface area contributed by atoms with E-state index in [4.69, 9.17) is 8.83 Å². The van der Waals surface area contributed by atoms with Crippen LogP contribution in [0.25, 0.3) is 170 Å². The SMILES string of the molecule is CC(C)(C)c1ccc(-c2cc3c4cc5ccc(-c6ccc(-c7ccc8oc9cc%10ccccc%10cc9c8c7)cc6)cc5cc4n4c5cc6cc(-c7ccc8oc9cc%10ccccc%10cc9c8c7)ccc6cc5c(c2)c34)cc1. The molecule has 3 heteroatoms. The van der Waals surface area contributed by atoms with E-state index in [0.717, 1.165) is 43.9 Å². The minimum absolute atomic E-state index is 0.0764. The normalized spacial score (nSPS) is 12.6. The zero-order chi connectivity index (χ0) is 50.8. The Morgan fingerprint density at radius 2 is 0.610 bits per heavy atom. The molecule has 4 aromatic heterocycles. The Morgan fingerprint density at radius 1 is 0.260 bits per heavy atom. The summed E-state index contributed by atoms with van der Waals surface area (Å²) in [5.74, 6) is 0. The van der Waals surface area contributed by atoms with Crippen LogP contribution in [0, 0.1) is 0 Å². The average Bonchev–Trinajstić information content (AvgIpc) is 4.15. The van der Waals surface area contributed by atoms with Crippen molar-refractivity contribution in [1.82, 2.24) is 4.40 Å². The Kier molecular flexibility index (Phi) is 8.55. The van der Waals surface area contributed by atoms with E-state index in [2.05, 4.69) is 256 Å². The molecule has 360 valence electrons. The van der Waals surface area contributed by atoms with Gasteiger partial charge in [0.05, 0.1) is 16.6 Å². The average molecular weight is 982 g/mol. The summed E-state index contributed by atoms with van der Waals surface area (Å²) in [6.07, 6.45) is 0.